The van der Waals surface area contributed by atoms with Crippen LogP contribution in [0.15, 0.2) is 18.2 Å². The number of hydrogen-bond acceptors (Lipinski definition) is 3. The molecule has 1 N–H and O–H groups in total. The Balaban J connectivity index is 1.99. The van der Waals surface area contributed by atoms with E-state index in [1.807, 2.05) is 45.9 Å². The number of likely N-dealkylation sites (tertiary alicyclic amines) is 1. The second-order valence-corrected chi connectivity index (χ2v) is 6.06. The van der Waals surface area contributed by atoms with E-state index in [4.69, 9.17) is 4.74 Å². The minimum atomic E-state index is -0.511. The molecule has 0 spiro atoms. The Morgan fingerprint density at radius 3 is 2.70 bits per heavy atom. The maximum absolute atomic E-state index is 12.2. The van der Waals surface area contributed by atoms with Crippen molar-refractivity contribution < 1.29 is 14.6 Å². The summed E-state index contributed by atoms with van der Waals surface area (Å²) in [6, 6.07) is 5.89. The standard InChI is InChI=1S/C16H23NO3/c1-11-5-6-13(12(2)9-11)20-10-15(19)17-8-7-14(18)16(17,3)4/h5-6,9,14,18H,7-8,10H2,1-4H3. The maximum atomic E-state index is 12.2. The summed E-state index contributed by atoms with van der Waals surface area (Å²) in [5.41, 5.74) is 1.69. The average molecular weight is 277 g/mol. The van der Waals surface area contributed by atoms with Gasteiger partial charge >= 0.3 is 0 Å². The van der Waals surface area contributed by atoms with Gasteiger partial charge in [-0.2, -0.15) is 0 Å². The largest absolute Gasteiger partial charge is 0.483 e. The van der Waals surface area contributed by atoms with Crippen molar-refractivity contribution in [2.24, 2.45) is 0 Å². The van der Waals surface area contributed by atoms with Crippen molar-refractivity contribution in [3.8, 4) is 5.75 Å². The van der Waals surface area contributed by atoms with E-state index < -0.39 is 11.6 Å². The zero-order valence-electron chi connectivity index (χ0n) is 12.6. The molecule has 0 radical (unpaired) electrons. The maximum Gasteiger partial charge on any atom is 0.261 e. The Morgan fingerprint density at radius 1 is 1.45 bits per heavy atom. The first-order chi connectivity index (χ1) is 9.32. The molecule has 0 aliphatic carbocycles. The van der Waals surface area contributed by atoms with Gasteiger partial charge in [0.05, 0.1) is 11.6 Å². The fourth-order valence-corrected chi connectivity index (χ4v) is 2.70. The third-order valence-corrected chi connectivity index (χ3v) is 4.12. The van der Waals surface area contributed by atoms with E-state index >= 15 is 0 Å². The topological polar surface area (TPSA) is 49.8 Å². The van der Waals surface area contributed by atoms with Gasteiger partial charge in [0.2, 0.25) is 0 Å². The molecule has 1 atom stereocenters. The lowest BCUT2D eigenvalue weighted by atomic mass is 9.99. The number of ether oxygens (including phenoxy) is 1. The molecule has 1 saturated heterocycles. The number of carbonyl (C=O) groups is 1. The van der Waals surface area contributed by atoms with Crippen LogP contribution < -0.4 is 4.74 Å². The van der Waals surface area contributed by atoms with E-state index in [1.54, 1.807) is 4.90 Å². The Morgan fingerprint density at radius 2 is 2.15 bits per heavy atom. The fraction of sp³-hybridized carbons (Fsp3) is 0.562. The Kier molecular flexibility index (Phi) is 4.04. The molecule has 1 aromatic carbocycles. The van der Waals surface area contributed by atoms with Crippen LogP contribution in [0.25, 0.3) is 0 Å². The van der Waals surface area contributed by atoms with Crippen LogP contribution in [0.1, 0.15) is 31.4 Å². The molecule has 0 bridgehead atoms. The van der Waals surface area contributed by atoms with Crippen LogP contribution in [-0.2, 0) is 4.79 Å². The van der Waals surface area contributed by atoms with Crippen LogP contribution in [0.4, 0.5) is 0 Å². The van der Waals surface area contributed by atoms with Gasteiger partial charge in [0.1, 0.15) is 5.75 Å². The molecular formula is C16H23NO3. The summed E-state index contributed by atoms with van der Waals surface area (Å²) in [5, 5.41) is 9.90. The molecule has 1 aliphatic rings. The van der Waals surface area contributed by atoms with Gasteiger partial charge in [-0.05, 0) is 45.7 Å². The van der Waals surface area contributed by atoms with Gasteiger partial charge in [-0.25, -0.2) is 0 Å². The van der Waals surface area contributed by atoms with Crippen LogP contribution in [0, 0.1) is 13.8 Å². The number of rotatable bonds is 3. The first kappa shape index (κ1) is 14.9. The summed E-state index contributed by atoms with van der Waals surface area (Å²) in [6.07, 6.45) is 0.162. The minimum Gasteiger partial charge on any atom is -0.483 e. The Hall–Kier alpha value is -1.55. The van der Waals surface area contributed by atoms with E-state index in [-0.39, 0.29) is 12.5 Å². The van der Waals surface area contributed by atoms with Gasteiger partial charge in [0.15, 0.2) is 6.61 Å². The highest BCUT2D eigenvalue weighted by molar-refractivity contribution is 5.79. The van der Waals surface area contributed by atoms with Gasteiger partial charge in [-0.1, -0.05) is 17.7 Å². The Labute approximate surface area is 120 Å². The summed E-state index contributed by atoms with van der Waals surface area (Å²) in [7, 11) is 0. The highest BCUT2D eigenvalue weighted by Crippen LogP contribution is 2.29. The van der Waals surface area contributed by atoms with Crippen LogP contribution in [0.5, 0.6) is 5.75 Å². The van der Waals surface area contributed by atoms with Crippen LogP contribution >= 0.6 is 0 Å². The molecule has 110 valence electrons. The smallest absolute Gasteiger partial charge is 0.261 e. The predicted molar refractivity (Wildman–Crippen MR) is 77.8 cm³/mol. The second-order valence-electron chi connectivity index (χ2n) is 6.06. The number of benzene rings is 1. The molecule has 2 rings (SSSR count). The first-order valence-electron chi connectivity index (χ1n) is 7.01. The van der Waals surface area contributed by atoms with Crippen molar-refractivity contribution in [3.63, 3.8) is 0 Å². The van der Waals surface area contributed by atoms with Crippen LogP contribution in [-0.4, -0.2) is 40.7 Å². The summed E-state index contributed by atoms with van der Waals surface area (Å²) in [6.45, 7) is 8.37. The fourth-order valence-electron chi connectivity index (χ4n) is 2.70. The third kappa shape index (κ3) is 2.80. The third-order valence-electron chi connectivity index (χ3n) is 4.12. The monoisotopic (exact) mass is 277 g/mol. The summed E-state index contributed by atoms with van der Waals surface area (Å²) in [4.78, 5) is 14.0. The SMILES string of the molecule is Cc1ccc(OCC(=O)N2CCC(O)C2(C)C)c(C)c1. The summed E-state index contributed by atoms with van der Waals surface area (Å²) in [5.74, 6) is 0.660. The second kappa shape index (κ2) is 5.44. The lowest BCUT2D eigenvalue weighted by molar-refractivity contribution is -0.138. The molecule has 1 aliphatic heterocycles. The van der Waals surface area contributed by atoms with E-state index in [0.29, 0.717) is 13.0 Å². The number of aliphatic hydroxyl groups is 1. The van der Waals surface area contributed by atoms with Crippen molar-refractivity contribution in [1.29, 1.82) is 0 Å². The van der Waals surface area contributed by atoms with Crippen LogP contribution in [0.2, 0.25) is 0 Å². The number of amides is 1. The van der Waals surface area contributed by atoms with Gasteiger partial charge in [0.25, 0.3) is 5.91 Å². The lowest BCUT2D eigenvalue weighted by Crippen LogP contribution is -2.49. The number of aryl methyl sites for hydroxylation is 2. The Bertz CT molecular complexity index is 510. The van der Waals surface area contributed by atoms with Gasteiger partial charge < -0.3 is 14.7 Å². The molecule has 1 heterocycles. The quantitative estimate of drug-likeness (QED) is 0.920. The molecule has 1 fully saturated rings. The van der Waals surface area contributed by atoms with Crippen molar-refractivity contribution in [1.82, 2.24) is 4.90 Å². The highest BCUT2D eigenvalue weighted by atomic mass is 16.5. The molecule has 0 aromatic heterocycles. The molecule has 20 heavy (non-hydrogen) atoms. The summed E-state index contributed by atoms with van der Waals surface area (Å²) < 4.78 is 5.62. The number of carbonyl (C=O) groups excluding carboxylic acids is 1. The molecule has 1 unspecified atom stereocenters. The molecule has 1 amide bonds. The minimum absolute atomic E-state index is 0.0139. The molecular weight excluding hydrogens is 254 g/mol. The van der Waals surface area contributed by atoms with E-state index in [1.165, 1.54) is 5.56 Å². The first-order valence-corrected chi connectivity index (χ1v) is 7.01. The lowest BCUT2D eigenvalue weighted by Gasteiger charge is -2.33. The summed E-state index contributed by atoms with van der Waals surface area (Å²) >= 11 is 0. The van der Waals surface area contributed by atoms with Crippen molar-refractivity contribution in [2.45, 2.75) is 45.8 Å². The zero-order valence-corrected chi connectivity index (χ0v) is 12.6. The number of nitrogens with zero attached hydrogens (tertiary/aromatic N) is 1. The van der Waals surface area contributed by atoms with Crippen molar-refractivity contribution >= 4 is 5.91 Å². The number of hydrogen-bond donors (Lipinski definition) is 1. The molecule has 0 saturated carbocycles. The molecule has 1 aromatic rings. The van der Waals surface area contributed by atoms with E-state index in [9.17, 15) is 9.90 Å². The van der Waals surface area contributed by atoms with E-state index in [0.717, 1.165) is 11.3 Å². The van der Waals surface area contributed by atoms with E-state index in [2.05, 4.69) is 0 Å². The highest BCUT2D eigenvalue weighted by Gasteiger charge is 2.42. The van der Waals surface area contributed by atoms with Crippen molar-refractivity contribution in [2.75, 3.05) is 13.2 Å². The zero-order chi connectivity index (χ0) is 14.9. The van der Waals surface area contributed by atoms with Gasteiger partial charge in [-0.15, -0.1) is 0 Å². The predicted octanol–water partition coefficient (Wildman–Crippen LogP) is 2.05. The van der Waals surface area contributed by atoms with Gasteiger partial charge in [0, 0.05) is 6.54 Å². The number of aliphatic hydroxyl groups excluding tert-OH is 1. The average Bonchev–Trinajstić information content (AvgIpc) is 2.63. The van der Waals surface area contributed by atoms with Crippen molar-refractivity contribution in [3.05, 3.63) is 29.3 Å². The molecule has 4 heteroatoms. The van der Waals surface area contributed by atoms with Gasteiger partial charge in [-0.3, -0.25) is 4.79 Å². The van der Waals surface area contributed by atoms with Crippen LogP contribution in [0.3, 0.4) is 0 Å². The molecule has 4 nitrogen and oxygen atoms in total. The normalized spacial score (nSPS) is 21.1.